The predicted octanol–water partition coefficient (Wildman–Crippen LogP) is 4.03. The van der Waals surface area contributed by atoms with Crippen molar-refractivity contribution in [3.63, 3.8) is 0 Å². The lowest BCUT2D eigenvalue weighted by Crippen LogP contribution is -2.32. The Kier molecular flexibility index (Phi) is 6.23. The minimum Gasteiger partial charge on any atom is -0.398 e. The summed E-state index contributed by atoms with van der Waals surface area (Å²) in [5.74, 6) is 0.140. The lowest BCUT2D eigenvalue weighted by Gasteiger charge is -2.19. The van der Waals surface area contributed by atoms with Crippen LogP contribution in [0.2, 0.25) is 0 Å². The highest BCUT2D eigenvalue weighted by Gasteiger charge is 2.32. The maximum absolute atomic E-state index is 13.1. The van der Waals surface area contributed by atoms with Crippen LogP contribution in [0.5, 0.6) is 0 Å². The number of carbonyl (C=O) groups is 1. The van der Waals surface area contributed by atoms with Crippen LogP contribution in [-0.2, 0) is 17.7 Å². The molecule has 1 atom stereocenters. The third kappa shape index (κ3) is 4.42. The number of carbonyl (C=O) groups excluding carboxylic acids is 1. The summed E-state index contributed by atoms with van der Waals surface area (Å²) >= 11 is 0. The second-order valence-corrected chi connectivity index (χ2v) is 8.54. The molecule has 2 aliphatic heterocycles. The van der Waals surface area contributed by atoms with Crippen molar-refractivity contribution < 1.29 is 9.53 Å². The molecule has 0 radical (unpaired) electrons. The predicted molar refractivity (Wildman–Crippen MR) is 125 cm³/mol. The average molecular weight is 418 g/mol. The van der Waals surface area contributed by atoms with Gasteiger partial charge in [0.05, 0.1) is 6.10 Å². The van der Waals surface area contributed by atoms with E-state index in [-0.39, 0.29) is 12.0 Å². The Bertz CT molecular complexity index is 1030. The van der Waals surface area contributed by atoms with Gasteiger partial charge in [-0.15, -0.1) is 0 Å². The topological polar surface area (TPSA) is 67.9 Å². The van der Waals surface area contributed by atoms with Crippen LogP contribution in [-0.4, -0.2) is 43.3 Å². The number of allylic oxidation sites excluding steroid dienone is 1. The van der Waals surface area contributed by atoms with E-state index in [0.29, 0.717) is 18.8 Å². The summed E-state index contributed by atoms with van der Waals surface area (Å²) in [5.41, 5.74) is 14.7. The fourth-order valence-corrected chi connectivity index (χ4v) is 4.52. The number of amides is 1. The van der Waals surface area contributed by atoms with Gasteiger partial charge in [-0.2, -0.15) is 0 Å². The molecular weight excluding hydrogens is 386 g/mol. The molecule has 0 spiro atoms. The monoisotopic (exact) mass is 417 g/mol. The third-order valence-electron chi connectivity index (χ3n) is 6.54. The van der Waals surface area contributed by atoms with E-state index in [9.17, 15) is 4.79 Å². The number of ether oxygens (including phenoxy) is 1. The van der Waals surface area contributed by atoms with Crippen molar-refractivity contribution in [2.24, 2.45) is 10.7 Å². The number of nitrogens with zero attached hydrogens (tertiary/aromatic N) is 2. The van der Waals surface area contributed by atoms with Crippen molar-refractivity contribution >= 4 is 17.8 Å². The molecule has 0 bridgehead atoms. The van der Waals surface area contributed by atoms with Gasteiger partial charge in [0, 0.05) is 44.2 Å². The molecule has 31 heavy (non-hydrogen) atoms. The van der Waals surface area contributed by atoms with E-state index in [2.05, 4.69) is 37.0 Å². The lowest BCUT2D eigenvalue weighted by molar-refractivity contribution is 0.0545. The highest BCUT2D eigenvalue weighted by Crippen LogP contribution is 2.32. The van der Waals surface area contributed by atoms with Crippen LogP contribution in [0.15, 0.2) is 41.4 Å². The van der Waals surface area contributed by atoms with Gasteiger partial charge in [-0.3, -0.25) is 9.79 Å². The quantitative estimate of drug-likeness (QED) is 0.722. The Balaban J connectivity index is 1.54. The molecular formula is C26H31N3O2. The van der Waals surface area contributed by atoms with Crippen LogP contribution < -0.4 is 5.73 Å². The fraction of sp³-hybridized carbons (Fsp3) is 0.385. The van der Waals surface area contributed by atoms with Crippen LogP contribution in [0, 0.1) is 13.8 Å². The van der Waals surface area contributed by atoms with Crippen molar-refractivity contribution in [1.29, 1.82) is 0 Å². The second kappa shape index (κ2) is 9.06. The van der Waals surface area contributed by atoms with Crippen molar-refractivity contribution in [3.8, 4) is 0 Å². The summed E-state index contributed by atoms with van der Waals surface area (Å²) in [6.45, 7) is 6.51. The Hall–Kier alpha value is -2.92. The number of hydrogen-bond donors (Lipinski definition) is 1. The molecule has 2 heterocycles. The van der Waals surface area contributed by atoms with Crippen LogP contribution in [0.1, 0.15) is 56.6 Å². The molecule has 1 saturated heterocycles. The molecule has 162 valence electrons. The molecule has 4 rings (SSSR count). The Labute approximate surface area is 184 Å². The van der Waals surface area contributed by atoms with Gasteiger partial charge in [0.1, 0.15) is 0 Å². The summed E-state index contributed by atoms with van der Waals surface area (Å²) in [6.07, 6.45) is 6.61. The van der Waals surface area contributed by atoms with E-state index in [1.165, 1.54) is 27.8 Å². The largest absolute Gasteiger partial charge is 0.398 e. The average Bonchev–Trinajstić information content (AvgIpc) is 3.40. The molecule has 0 aromatic heterocycles. The van der Waals surface area contributed by atoms with Crippen LogP contribution in [0.4, 0.5) is 0 Å². The van der Waals surface area contributed by atoms with E-state index in [1.54, 1.807) is 19.3 Å². The second-order valence-electron chi connectivity index (χ2n) is 8.54. The highest BCUT2D eigenvalue weighted by molar-refractivity contribution is 5.99. The lowest BCUT2D eigenvalue weighted by atomic mass is 9.91. The molecule has 0 saturated carbocycles. The van der Waals surface area contributed by atoms with Gasteiger partial charge in [0.15, 0.2) is 0 Å². The summed E-state index contributed by atoms with van der Waals surface area (Å²) in [7, 11) is 1.72. The van der Waals surface area contributed by atoms with Gasteiger partial charge >= 0.3 is 0 Å². The molecule has 1 fully saturated rings. The Morgan fingerprint density at radius 1 is 1.26 bits per heavy atom. The standard InChI is InChI=1S/C26H31N3O2/c1-17-18(2)24-16-29(15-22-5-4-12-31-22)26(30)23(24)14-21(17)13-19-6-8-20(9-7-19)25(27)10-11-28-3/h6-11,14,22H,4-5,12-13,15-16,27H2,1-3H3. The normalized spacial score (nSPS) is 18.9. The first-order valence-electron chi connectivity index (χ1n) is 11.0. The molecule has 2 N–H and O–H groups in total. The fourth-order valence-electron chi connectivity index (χ4n) is 4.52. The molecule has 5 heteroatoms. The molecule has 0 aliphatic carbocycles. The highest BCUT2D eigenvalue weighted by atomic mass is 16.5. The molecule has 5 nitrogen and oxygen atoms in total. The molecule has 2 aromatic rings. The zero-order valence-electron chi connectivity index (χ0n) is 18.6. The van der Waals surface area contributed by atoms with E-state index in [0.717, 1.165) is 37.0 Å². The minimum absolute atomic E-state index is 0.140. The van der Waals surface area contributed by atoms with Gasteiger partial charge in [0.25, 0.3) is 5.91 Å². The van der Waals surface area contributed by atoms with E-state index in [4.69, 9.17) is 10.5 Å². The number of fused-ring (bicyclic) bond motifs is 1. The smallest absolute Gasteiger partial charge is 0.254 e. The third-order valence-corrected chi connectivity index (χ3v) is 6.54. The molecule has 1 unspecified atom stereocenters. The summed E-state index contributed by atoms with van der Waals surface area (Å²) in [5, 5.41) is 0. The maximum atomic E-state index is 13.1. The van der Waals surface area contributed by atoms with Gasteiger partial charge in [-0.05, 0) is 78.6 Å². The SMILES string of the molecule is CN=CC=C(N)c1ccc(Cc2cc3c(c(C)c2C)CN(CC2CCCO2)C3=O)cc1. The number of hydrogen-bond acceptors (Lipinski definition) is 4. The maximum Gasteiger partial charge on any atom is 0.254 e. The Morgan fingerprint density at radius 3 is 2.71 bits per heavy atom. The molecule has 2 aliphatic rings. The first-order chi connectivity index (χ1) is 15.0. The summed E-state index contributed by atoms with van der Waals surface area (Å²) < 4.78 is 5.75. The van der Waals surface area contributed by atoms with Crippen LogP contribution in [0.25, 0.3) is 5.70 Å². The first kappa shape index (κ1) is 21.3. The van der Waals surface area contributed by atoms with E-state index >= 15 is 0 Å². The molecule has 1 amide bonds. The van der Waals surface area contributed by atoms with Crippen LogP contribution in [0.3, 0.4) is 0 Å². The number of aliphatic imine (C=N–C) groups is 1. The van der Waals surface area contributed by atoms with Crippen molar-refractivity contribution in [1.82, 2.24) is 4.90 Å². The summed E-state index contributed by atoms with van der Waals surface area (Å²) in [4.78, 5) is 19.0. The van der Waals surface area contributed by atoms with Gasteiger partial charge in [0.2, 0.25) is 0 Å². The zero-order valence-corrected chi connectivity index (χ0v) is 18.6. The van der Waals surface area contributed by atoms with Crippen molar-refractivity contribution in [2.75, 3.05) is 20.2 Å². The Morgan fingerprint density at radius 2 is 2.03 bits per heavy atom. The zero-order chi connectivity index (χ0) is 22.0. The van der Waals surface area contributed by atoms with Crippen molar-refractivity contribution in [3.05, 3.63) is 75.4 Å². The van der Waals surface area contributed by atoms with Crippen LogP contribution >= 0.6 is 0 Å². The number of benzene rings is 2. The van der Waals surface area contributed by atoms with E-state index < -0.39 is 0 Å². The van der Waals surface area contributed by atoms with Gasteiger partial charge in [-0.25, -0.2) is 0 Å². The van der Waals surface area contributed by atoms with E-state index in [1.807, 2.05) is 17.0 Å². The van der Waals surface area contributed by atoms with Gasteiger partial charge < -0.3 is 15.4 Å². The van der Waals surface area contributed by atoms with Gasteiger partial charge in [-0.1, -0.05) is 24.3 Å². The number of nitrogens with two attached hydrogens (primary N) is 1. The first-order valence-corrected chi connectivity index (χ1v) is 11.0. The summed E-state index contributed by atoms with van der Waals surface area (Å²) in [6, 6.07) is 10.4. The minimum atomic E-state index is 0.140. The van der Waals surface area contributed by atoms with Crippen molar-refractivity contribution in [2.45, 2.75) is 45.8 Å². The number of rotatable bonds is 6. The molecule has 2 aromatic carbocycles.